The number of aromatic nitrogens is 4. The number of rotatable bonds is 3. The summed E-state index contributed by atoms with van der Waals surface area (Å²) in [5, 5.41) is 13.9. The lowest BCUT2D eigenvalue weighted by molar-refractivity contribution is 0.526. The second-order valence-electron chi connectivity index (χ2n) is 4.76. The molecule has 0 N–H and O–H groups in total. The Kier molecular flexibility index (Phi) is 3.17. The predicted molar refractivity (Wildman–Crippen MR) is 66.4 cm³/mol. The van der Waals surface area contributed by atoms with Crippen molar-refractivity contribution in [3.05, 3.63) is 10.8 Å². The highest BCUT2D eigenvalue weighted by atomic mass is 35.5. The summed E-state index contributed by atoms with van der Waals surface area (Å²) in [6.07, 6.45) is 1.87. The smallest absolute Gasteiger partial charge is 0.187 e. The van der Waals surface area contributed by atoms with Crippen LogP contribution in [0.5, 0.6) is 0 Å². The van der Waals surface area contributed by atoms with Crippen molar-refractivity contribution in [2.75, 3.05) is 5.88 Å². The normalized spacial score (nSPS) is 12.5. The van der Waals surface area contributed by atoms with Crippen LogP contribution in [-0.2, 0) is 11.8 Å². The van der Waals surface area contributed by atoms with Gasteiger partial charge in [0, 0.05) is 17.7 Å². The van der Waals surface area contributed by atoms with E-state index in [1.807, 2.05) is 4.52 Å². The fraction of sp³-hybridized carbons (Fsp3) is 0.700. The fourth-order valence-corrected chi connectivity index (χ4v) is 2.45. The van der Waals surface area contributed by atoms with E-state index < -0.39 is 0 Å². The third-order valence-electron chi connectivity index (χ3n) is 2.23. The number of fused-ring (bicyclic) bond motifs is 1. The van der Waals surface area contributed by atoms with Gasteiger partial charge in [0.25, 0.3) is 0 Å². The van der Waals surface area contributed by atoms with Gasteiger partial charge in [0.15, 0.2) is 5.82 Å². The summed E-state index contributed by atoms with van der Waals surface area (Å²) in [7, 11) is 0. The lowest BCUT2D eigenvalue weighted by Crippen LogP contribution is -2.16. The molecule has 6 heteroatoms. The van der Waals surface area contributed by atoms with Crippen LogP contribution in [0.15, 0.2) is 0 Å². The standard InChI is InChI=1S/C10H15ClN4S/c1-10(2,3)8-12-13-9-15(8)14-7(16-9)5-4-6-11/h4-6H2,1-3H3. The van der Waals surface area contributed by atoms with E-state index in [-0.39, 0.29) is 5.41 Å². The highest BCUT2D eigenvalue weighted by molar-refractivity contribution is 7.16. The molecule has 0 atom stereocenters. The van der Waals surface area contributed by atoms with E-state index in [0.29, 0.717) is 5.88 Å². The van der Waals surface area contributed by atoms with Crippen LogP contribution >= 0.6 is 22.9 Å². The minimum atomic E-state index is -0.0305. The summed E-state index contributed by atoms with van der Waals surface area (Å²) in [4.78, 5) is 0.870. The maximum absolute atomic E-state index is 5.67. The number of nitrogens with zero attached hydrogens (tertiary/aromatic N) is 4. The van der Waals surface area contributed by atoms with Gasteiger partial charge in [-0.25, -0.2) is 0 Å². The molecule has 88 valence electrons. The van der Waals surface area contributed by atoms with E-state index >= 15 is 0 Å². The fourth-order valence-electron chi connectivity index (χ4n) is 1.44. The van der Waals surface area contributed by atoms with E-state index in [9.17, 15) is 0 Å². The Balaban J connectivity index is 2.36. The van der Waals surface area contributed by atoms with Crippen LogP contribution in [-0.4, -0.2) is 25.7 Å². The Labute approximate surface area is 104 Å². The van der Waals surface area contributed by atoms with Crippen molar-refractivity contribution in [2.24, 2.45) is 0 Å². The molecule has 0 radical (unpaired) electrons. The first-order valence-corrected chi connectivity index (χ1v) is 6.65. The Morgan fingerprint density at radius 3 is 2.69 bits per heavy atom. The summed E-state index contributed by atoms with van der Waals surface area (Å²) < 4.78 is 1.86. The van der Waals surface area contributed by atoms with Gasteiger partial charge in [-0.2, -0.15) is 9.61 Å². The zero-order valence-electron chi connectivity index (χ0n) is 9.70. The van der Waals surface area contributed by atoms with Crippen LogP contribution in [0.25, 0.3) is 4.96 Å². The first-order valence-electron chi connectivity index (χ1n) is 5.30. The second kappa shape index (κ2) is 4.30. The van der Waals surface area contributed by atoms with Crippen molar-refractivity contribution in [3.8, 4) is 0 Å². The SMILES string of the molecule is CC(C)(C)c1nnc2sc(CCCCl)nn12. The van der Waals surface area contributed by atoms with Gasteiger partial charge < -0.3 is 0 Å². The van der Waals surface area contributed by atoms with Gasteiger partial charge in [0.2, 0.25) is 4.96 Å². The average molecular weight is 259 g/mol. The maximum atomic E-state index is 5.67. The molecule has 2 aromatic heterocycles. The van der Waals surface area contributed by atoms with E-state index in [1.54, 1.807) is 11.3 Å². The zero-order chi connectivity index (χ0) is 11.8. The molecule has 0 saturated carbocycles. The van der Waals surface area contributed by atoms with Crippen LogP contribution in [0.3, 0.4) is 0 Å². The topological polar surface area (TPSA) is 43.1 Å². The summed E-state index contributed by atoms with van der Waals surface area (Å²) >= 11 is 7.26. The highest BCUT2D eigenvalue weighted by Crippen LogP contribution is 2.23. The summed E-state index contributed by atoms with van der Waals surface area (Å²) in [6.45, 7) is 6.34. The van der Waals surface area contributed by atoms with Gasteiger partial charge >= 0.3 is 0 Å². The highest BCUT2D eigenvalue weighted by Gasteiger charge is 2.23. The Bertz CT molecular complexity index is 482. The van der Waals surface area contributed by atoms with Gasteiger partial charge in [-0.3, -0.25) is 0 Å². The lowest BCUT2D eigenvalue weighted by atomic mass is 9.96. The van der Waals surface area contributed by atoms with Crippen LogP contribution in [0, 0.1) is 0 Å². The number of hydrogen-bond acceptors (Lipinski definition) is 4. The van der Waals surface area contributed by atoms with Gasteiger partial charge in [0.05, 0.1) is 0 Å². The number of hydrogen-bond donors (Lipinski definition) is 0. The molecule has 0 aliphatic carbocycles. The zero-order valence-corrected chi connectivity index (χ0v) is 11.3. The van der Waals surface area contributed by atoms with E-state index in [2.05, 4.69) is 36.1 Å². The van der Waals surface area contributed by atoms with Crippen LogP contribution in [0.2, 0.25) is 0 Å². The monoisotopic (exact) mass is 258 g/mol. The predicted octanol–water partition coefficient (Wildman–Crippen LogP) is 2.65. The summed E-state index contributed by atoms with van der Waals surface area (Å²) in [6, 6.07) is 0. The molecule has 0 amide bonds. The van der Waals surface area contributed by atoms with E-state index in [0.717, 1.165) is 28.6 Å². The first-order chi connectivity index (χ1) is 7.52. The molecule has 0 spiro atoms. The van der Waals surface area contributed by atoms with Crippen molar-refractivity contribution >= 4 is 27.9 Å². The number of alkyl halides is 1. The maximum Gasteiger partial charge on any atom is 0.234 e. The second-order valence-corrected chi connectivity index (χ2v) is 6.17. The van der Waals surface area contributed by atoms with Crippen LogP contribution in [0.1, 0.15) is 38.0 Å². The van der Waals surface area contributed by atoms with Crippen molar-refractivity contribution in [1.29, 1.82) is 0 Å². The van der Waals surface area contributed by atoms with Crippen molar-refractivity contribution < 1.29 is 0 Å². The quantitative estimate of drug-likeness (QED) is 0.795. The molecule has 0 aliphatic heterocycles. The lowest BCUT2D eigenvalue weighted by Gasteiger charge is -2.13. The third-order valence-corrected chi connectivity index (χ3v) is 3.45. The average Bonchev–Trinajstić information content (AvgIpc) is 2.70. The van der Waals surface area contributed by atoms with Crippen molar-refractivity contribution in [1.82, 2.24) is 19.8 Å². The number of aryl methyl sites for hydroxylation is 1. The molecule has 4 nitrogen and oxygen atoms in total. The van der Waals surface area contributed by atoms with E-state index in [1.165, 1.54) is 0 Å². The molecule has 2 rings (SSSR count). The van der Waals surface area contributed by atoms with Gasteiger partial charge in [-0.15, -0.1) is 21.8 Å². The summed E-state index contributed by atoms with van der Waals surface area (Å²) in [5.74, 6) is 1.59. The first kappa shape index (κ1) is 11.8. The largest absolute Gasteiger partial charge is 0.234 e. The van der Waals surface area contributed by atoms with E-state index in [4.69, 9.17) is 11.6 Å². The molecule has 0 bridgehead atoms. The summed E-state index contributed by atoms with van der Waals surface area (Å²) in [5.41, 5.74) is -0.0305. The minimum Gasteiger partial charge on any atom is -0.187 e. The molecule has 16 heavy (non-hydrogen) atoms. The molecular weight excluding hydrogens is 244 g/mol. The minimum absolute atomic E-state index is 0.0305. The molecule has 0 fully saturated rings. The van der Waals surface area contributed by atoms with Gasteiger partial charge in [-0.05, 0) is 6.42 Å². The van der Waals surface area contributed by atoms with Crippen molar-refractivity contribution in [3.63, 3.8) is 0 Å². The van der Waals surface area contributed by atoms with Crippen LogP contribution in [0.4, 0.5) is 0 Å². The molecule has 0 aromatic carbocycles. The van der Waals surface area contributed by atoms with Gasteiger partial charge in [-0.1, -0.05) is 32.1 Å². The van der Waals surface area contributed by atoms with Crippen molar-refractivity contribution in [2.45, 2.75) is 39.0 Å². The molecule has 0 aliphatic rings. The molecule has 0 unspecified atom stereocenters. The Hall–Kier alpha value is -0.680. The Morgan fingerprint density at radius 2 is 2.06 bits per heavy atom. The third kappa shape index (κ3) is 2.20. The van der Waals surface area contributed by atoms with Gasteiger partial charge in [0.1, 0.15) is 5.01 Å². The molecule has 2 aromatic rings. The molecular formula is C10H15ClN4S. The number of halogens is 1. The van der Waals surface area contributed by atoms with Crippen LogP contribution < -0.4 is 0 Å². The Morgan fingerprint density at radius 1 is 1.31 bits per heavy atom. The molecule has 2 heterocycles. The molecule has 0 saturated heterocycles.